The Morgan fingerprint density at radius 3 is 2.41 bits per heavy atom. The smallest absolute Gasteiger partial charge is 0.419 e. The Bertz CT molecular complexity index is 824. The summed E-state index contributed by atoms with van der Waals surface area (Å²) in [6.45, 7) is 1.18. The number of carbonyl (C=O) groups is 1. The van der Waals surface area contributed by atoms with Gasteiger partial charge in [0, 0.05) is 6.04 Å². The number of benzene rings is 2. The van der Waals surface area contributed by atoms with Gasteiger partial charge in [-0.25, -0.2) is 4.79 Å². The Kier molecular flexibility index (Phi) is 7.46. The molecule has 158 valence electrons. The molecule has 0 amide bonds. The maximum Gasteiger partial charge on any atom is 0.419 e. The van der Waals surface area contributed by atoms with Gasteiger partial charge in [-0.2, -0.15) is 13.2 Å². The molecule has 4 N–H and O–H groups in total. The van der Waals surface area contributed by atoms with E-state index in [0.717, 1.165) is 12.1 Å². The number of aromatic hydroxyl groups is 1. The quantitative estimate of drug-likeness (QED) is 0.504. The summed E-state index contributed by atoms with van der Waals surface area (Å²) in [5.74, 6) is -1.82. The number of hydrogen-bond donors (Lipinski definition) is 4. The molecule has 6 nitrogen and oxygen atoms in total. The Labute approximate surface area is 165 Å². The number of aliphatic hydroxyl groups excluding tert-OH is 1. The number of phenolic OH excluding ortho intramolecular Hbond substituents is 1. The minimum Gasteiger partial charge on any atom is -0.508 e. The normalized spacial score (nSPS) is 13.7. The highest BCUT2D eigenvalue weighted by atomic mass is 19.4. The molecule has 29 heavy (non-hydrogen) atoms. The number of carboxylic acids is 1. The van der Waals surface area contributed by atoms with Gasteiger partial charge in [-0.05, 0) is 55.3 Å². The molecule has 0 radical (unpaired) electrons. The summed E-state index contributed by atoms with van der Waals surface area (Å²) in [4.78, 5) is 10.5. The van der Waals surface area contributed by atoms with Gasteiger partial charge in [0.1, 0.15) is 11.5 Å². The monoisotopic (exact) mass is 413 g/mol. The van der Waals surface area contributed by atoms with Gasteiger partial charge >= 0.3 is 12.1 Å². The van der Waals surface area contributed by atoms with Crippen LogP contribution in [0.15, 0.2) is 42.5 Å². The van der Waals surface area contributed by atoms with Crippen LogP contribution in [-0.4, -0.2) is 40.5 Å². The third kappa shape index (κ3) is 6.65. The number of phenols is 1. The molecule has 9 heteroatoms. The van der Waals surface area contributed by atoms with E-state index in [1.807, 2.05) is 0 Å². The van der Waals surface area contributed by atoms with Crippen molar-refractivity contribution in [3.05, 3.63) is 59.2 Å². The van der Waals surface area contributed by atoms with Crippen LogP contribution >= 0.6 is 0 Å². The number of ether oxygens (including phenoxy) is 1. The van der Waals surface area contributed by atoms with E-state index in [2.05, 4.69) is 5.32 Å². The van der Waals surface area contributed by atoms with E-state index >= 15 is 0 Å². The van der Waals surface area contributed by atoms with Crippen LogP contribution in [-0.2, 0) is 17.4 Å². The molecule has 2 aromatic rings. The number of carboxylic acid groups (broad SMARTS) is 1. The summed E-state index contributed by atoms with van der Waals surface area (Å²) in [7, 11) is 0. The number of aliphatic carboxylic acids is 1. The summed E-state index contributed by atoms with van der Waals surface area (Å²) in [6.07, 6.45) is -5.28. The van der Waals surface area contributed by atoms with Crippen LogP contribution in [0, 0.1) is 0 Å². The topological polar surface area (TPSA) is 99.0 Å². The summed E-state index contributed by atoms with van der Waals surface area (Å²) < 4.78 is 44.4. The maximum absolute atomic E-state index is 13.2. The van der Waals surface area contributed by atoms with Crippen LogP contribution in [0.4, 0.5) is 13.2 Å². The van der Waals surface area contributed by atoms with Gasteiger partial charge in [-0.1, -0.05) is 18.2 Å². The third-order valence-corrected chi connectivity index (χ3v) is 4.29. The molecule has 0 heterocycles. The molecule has 0 saturated heterocycles. The van der Waals surface area contributed by atoms with Gasteiger partial charge in [0.05, 0.1) is 11.7 Å². The third-order valence-electron chi connectivity index (χ3n) is 4.29. The van der Waals surface area contributed by atoms with Crippen LogP contribution in [0.5, 0.6) is 11.5 Å². The van der Waals surface area contributed by atoms with Crippen molar-refractivity contribution < 1.29 is 38.0 Å². The lowest BCUT2D eigenvalue weighted by Gasteiger charge is -2.21. The molecule has 0 saturated carbocycles. The first-order chi connectivity index (χ1) is 13.6. The lowest BCUT2D eigenvalue weighted by molar-refractivity contribution is -0.143. The van der Waals surface area contributed by atoms with Crippen molar-refractivity contribution in [1.29, 1.82) is 0 Å². The molecule has 0 bridgehead atoms. The van der Waals surface area contributed by atoms with Crippen LogP contribution in [0.25, 0.3) is 0 Å². The van der Waals surface area contributed by atoms with Crippen molar-refractivity contribution >= 4 is 5.97 Å². The molecular weight excluding hydrogens is 391 g/mol. The highest BCUT2D eigenvalue weighted by Gasteiger charge is 2.34. The fraction of sp³-hybridized carbons (Fsp3) is 0.350. The highest BCUT2D eigenvalue weighted by Crippen LogP contribution is 2.37. The largest absolute Gasteiger partial charge is 0.508 e. The van der Waals surface area contributed by atoms with E-state index in [1.54, 1.807) is 19.1 Å². The summed E-state index contributed by atoms with van der Waals surface area (Å²) in [5.41, 5.74) is -0.0469. The van der Waals surface area contributed by atoms with Crippen LogP contribution in [0.2, 0.25) is 0 Å². The summed E-state index contributed by atoms with van der Waals surface area (Å²) in [5, 5.41) is 31.2. The zero-order valence-corrected chi connectivity index (χ0v) is 15.6. The van der Waals surface area contributed by atoms with Crippen LogP contribution in [0.3, 0.4) is 0 Å². The molecule has 0 fully saturated rings. The first-order valence-corrected chi connectivity index (χ1v) is 8.83. The molecule has 2 rings (SSSR count). The number of halogens is 3. The zero-order valence-electron chi connectivity index (χ0n) is 15.6. The fourth-order valence-corrected chi connectivity index (χ4v) is 2.74. The van der Waals surface area contributed by atoms with Crippen LogP contribution < -0.4 is 10.1 Å². The molecule has 0 aliphatic rings. The van der Waals surface area contributed by atoms with Crippen molar-refractivity contribution in [3.8, 4) is 11.5 Å². The lowest BCUT2D eigenvalue weighted by atomic mass is 10.0. The molecule has 0 spiro atoms. The van der Waals surface area contributed by atoms with Crippen molar-refractivity contribution in [1.82, 2.24) is 5.32 Å². The summed E-state index contributed by atoms with van der Waals surface area (Å²) in [6, 6.07) is 9.19. The minimum absolute atomic E-state index is 0.0813. The predicted octanol–water partition coefficient (Wildman–Crippen LogP) is 3.13. The second-order valence-corrected chi connectivity index (χ2v) is 6.54. The Balaban J connectivity index is 1.99. The average molecular weight is 413 g/mol. The Hall–Kier alpha value is -2.78. The standard InChI is InChI=1S/C20H22F3NO5/c1-12(19(28)14-3-5-15(25)6-4-14)24-9-8-13-2-7-17(29-11-18(26)27)16(10-13)20(21,22)23/h2-7,10,12,19,24-25,28H,8-9,11H2,1H3,(H,26,27)/t12-,19+/m0/s1. The first-order valence-electron chi connectivity index (χ1n) is 8.83. The first kappa shape index (κ1) is 22.5. The molecule has 0 unspecified atom stereocenters. The van der Waals surface area contributed by atoms with E-state index in [9.17, 15) is 28.2 Å². The number of alkyl halides is 3. The maximum atomic E-state index is 13.2. The lowest BCUT2D eigenvalue weighted by Crippen LogP contribution is -2.33. The highest BCUT2D eigenvalue weighted by molar-refractivity contribution is 5.68. The minimum atomic E-state index is -4.68. The van der Waals surface area contributed by atoms with Crippen molar-refractivity contribution in [2.45, 2.75) is 31.7 Å². The molecule has 2 atom stereocenters. The van der Waals surface area contributed by atoms with Gasteiger partial charge in [-0.3, -0.25) is 0 Å². The Morgan fingerprint density at radius 1 is 1.17 bits per heavy atom. The predicted molar refractivity (Wildman–Crippen MR) is 98.8 cm³/mol. The number of nitrogens with one attached hydrogen (secondary N) is 1. The van der Waals surface area contributed by atoms with Crippen molar-refractivity contribution in [3.63, 3.8) is 0 Å². The van der Waals surface area contributed by atoms with E-state index < -0.39 is 36.2 Å². The SMILES string of the molecule is C[C@H](NCCc1ccc(OCC(=O)O)c(C(F)(F)F)c1)[C@@H](O)c1ccc(O)cc1. The van der Waals surface area contributed by atoms with Crippen molar-refractivity contribution in [2.24, 2.45) is 0 Å². The second kappa shape index (κ2) is 9.62. The van der Waals surface area contributed by atoms with E-state index in [-0.39, 0.29) is 18.2 Å². The van der Waals surface area contributed by atoms with E-state index in [0.29, 0.717) is 17.7 Å². The summed E-state index contributed by atoms with van der Waals surface area (Å²) >= 11 is 0. The molecule has 0 aliphatic carbocycles. The van der Waals surface area contributed by atoms with Gasteiger partial charge in [-0.15, -0.1) is 0 Å². The molecule has 0 aromatic heterocycles. The van der Waals surface area contributed by atoms with Gasteiger partial charge < -0.3 is 25.4 Å². The average Bonchev–Trinajstić information content (AvgIpc) is 2.66. The number of aliphatic hydroxyl groups is 1. The number of hydrogen-bond acceptors (Lipinski definition) is 5. The number of rotatable bonds is 9. The van der Waals surface area contributed by atoms with Gasteiger partial charge in [0.25, 0.3) is 0 Å². The molecule has 0 aliphatic heterocycles. The Morgan fingerprint density at radius 2 is 1.83 bits per heavy atom. The zero-order chi connectivity index (χ0) is 21.6. The fourth-order valence-electron chi connectivity index (χ4n) is 2.74. The second-order valence-electron chi connectivity index (χ2n) is 6.54. The van der Waals surface area contributed by atoms with E-state index in [1.165, 1.54) is 18.2 Å². The van der Waals surface area contributed by atoms with E-state index in [4.69, 9.17) is 9.84 Å². The molecule has 2 aromatic carbocycles. The molecular formula is C20H22F3NO5. The van der Waals surface area contributed by atoms with Gasteiger partial charge in [0.15, 0.2) is 6.61 Å². The van der Waals surface area contributed by atoms with Crippen molar-refractivity contribution in [2.75, 3.05) is 13.2 Å². The van der Waals surface area contributed by atoms with Crippen LogP contribution in [0.1, 0.15) is 29.7 Å². The van der Waals surface area contributed by atoms with Gasteiger partial charge in [0.2, 0.25) is 0 Å².